The molecule has 1 aromatic rings. The number of benzene rings is 1. The molecule has 0 bridgehead atoms. The van der Waals surface area contributed by atoms with Crippen LogP contribution in [0, 0.1) is 5.82 Å². The van der Waals surface area contributed by atoms with Gasteiger partial charge in [-0.15, -0.1) is 0 Å². The lowest BCUT2D eigenvalue weighted by atomic mass is 10.1. The number of hydrogen-bond acceptors (Lipinski definition) is 3. The number of nitrogens with one attached hydrogen (secondary N) is 1. The number of amides is 1. The first kappa shape index (κ1) is 13.2. The minimum absolute atomic E-state index is 0.120. The Labute approximate surface area is 109 Å². The van der Waals surface area contributed by atoms with Crippen LogP contribution in [0.15, 0.2) is 23.2 Å². The Bertz CT molecular complexity index is 569. The Balaban J connectivity index is 2.31. The average molecular weight is 264 g/mol. The van der Waals surface area contributed by atoms with Crippen molar-refractivity contribution in [1.82, 2.24) is 0 Å². The number of aliphatic imine (C=N–C) groups is 1. The van der Waals surface area contributed by atoms with E-state index in [0.29, 0.717) is 17.0 Å². The minimum atomic E-state index is -0.978. The monoisotopic (exact) mass is 264 g/mol. The Hall–Kier alpha value is -2.24. The van der Waals surface area contributed by atoms with Crippen molar-refractivity contribution in [3.8, 4) is 0 Å². The highest BCUT2D eigenvalue weighted by molar-refractivity contribution is 6.10. The normalized spacial score (nSPS) is 18.1. The van der Waals surface area contributed by atoms with Crippen LogP contribution in [0.4, 0.5) is 10.1 Å². The van der Waals surface area contributed by atoms with E-state index in [1.165, 1.54) is 18.2 Å². The molecule has 0 aromatic heterocycles. The van der Waals surface area contributed by atoms with E-state index in [1.807, 2.05) is 0 Å². The van der Waals surface area contributed by atoms with Crippen molar-refractivity contribution >= 4 is 23.3 Å². The van der Waals surface area contributed by atoms with Crippen LogP contribution in [-0.2, 0) is 9.59 Å². The molecule has 1 aliphatic rings. The van der Waals surface area contributed by atoms with Crippen molar-refractivity contribution in [2.45, 2.75) is 25.8 Å². The third kappa shape index (κ3) is 2.96. The average Bonchev–Trinajstić information content (AvgIpc) is 2.46. The van der Waals surface area contributed by atoms with Gasteiger partial charge in [-0.3, -0.25) is 14.6 Å². The summed E-state index contributed by atoms with van der Waals surface area (Å²) < 4.78 is 13.2. The Morgan fingerprint density at radius 1 is 1.53 bits per heavy atom. The fourth-order valence-corrected chi connectivity index (χ4v) is 1.96. The van der Waals surface area contributed by atoms with Crippen molar-refractivity contribution in [2.24, 2.45) is 4.99 Å². The molecule has 0 unspecified atom stereocenters. The van der Waals surface area contributed by atoms with Crippen molar-refractivity contribution in [2.75, 3.05) is 5.32 Å². The zero-order valence-corrected chi connectivity index (χ0v) is 10.3. The van der Waals surface area contributed by atoms with Crippen LogP contribution >= 0.6 is 0 Å². The van der Waals surface area contributed by atoms with Crippen LogP contribution < -0.4 is 5.32 Å². The quantitative estimate of drug-likeness (QED) is 0.874. The first-order valence-electron chi connectivity index (χ1n) is 5.84. The number of rotatable bonds is 3. The summed E-state index contributed by atoms with van der Waals surface area (Å²) in [4.78, 5) is 26.7. The third-order valence-electron chi connectivity index (χ3n) is 2.91. The molecule has 1 atom stereocenters. The van der Waals surface area contributed by atoms with Gasteiger partial charge < -0.3 is 10.4 Å². The van der Waals surface area contributed by atoms with Crippen LogP contribution in [0.2, 0.25) is 0 Å². The van der Waals surface area contributed by atoms with Gasteiger partial charge in [0.05, 0.1) is 5.69 Å². The molecular formula is C13H13FN2O3. The summed E-state index contributed by atoms with van der Waals surface area (Å²) in [5, 5.41) is 11.3. The number of hydrogen-bond donors (Lipinski definition) is 2. The highest BCUT2D eigenvalue weighted by atomic mass is 19.1. The summed E-state index contributed by atoms with van der Waals surface area (Å²) in [6.45, 7) is 1.67. The number of aliphatic carboxylic acids is 1. The molecule has 1 aliphatic heterocycles. The fraction of sp³-hybridized carbons (Fsp3) is 0.308. The first-order chi connectivity index (χ1) is 8.97. The van der Waals surface area contributed by atoms with E-state index in [4.69, 9.17) is 5.11 Å². The molecule has 1 heterocycles. The van der Waals surface area contributed by atoms with E-state index in [0.717, 1.165) is 0 Å². The molecule has 2 rings (SSSR count). The number of carboxylic acid groups (broad SMARTS) is 1. The summed E-state index contributed by atoms with van der Waals surface area (Å²) in [7, 11) is 0. The molecular weight excluding hydrogens is 251 g/mol. The van der Waals surface area contributed by atoms with Crippen LogP contribution in [-0.4, -0.2) is 28.7 Å². The van der Waals surface area contributed by atoms with E-state index >= 15 is 0 Å². The highest BCUT2D eigenvalue weighted by Gasteiger charge is 2.24. The standard InChI is InChI=1S/C13H13FN2O3/c1-7-9-6-8(14)2-3-10(9)16-13(19)11(15-7)4-5-12(17)18/h2-3,6,11H,4-5H2,1H3,(H,16,19)(H,17,18)/t11-/m0/s1. The summed E-state index contributed by atoms with van der Waals surface area (Å²) >= 11 is 0. The number of anilines is 1. The third-order valence-corrected chi connectivity index (χ3v) is 2.91. The molecule has 0 saturated heterocycles. The molecule has 6 heteroatoms. The number of carbonyl (C=O) groups is 2. The minimum Gasteiger partial charge on any atom is -0.481 e. The summed E-state index contributed by atoms with van der Waals surface area (Å²) in [5.74, 6) is -1.76. The smallest absolute Gasteiger partial charge is 0.303 e. The molecule has 5 nitrogen and oxygen atoms in total. The maximum atomic E-state index is 13.2. The predicted octanol–water partition coefficient (Wildman–Crippen LogP) is 1.82. The maximum absolute atomic E-state index is 13.2. The topological polar surface area (TPSA) is 78.8 Å². The van der Waals surface area contributed by atoms with Crippen LogP contribution in [0.3, 0.4) is 0 Å². The van der Waals surface area contributed by atoms with Gasteiger partial charge in [-0.2, -0.15) is 0 Å². The Kier molecular flexibility index (Phi) is 3.59. The molecule has 0 aliphatic carbocycles. The van der Waals surface area contributed by atoms with Gasteiger partial charge >= 0.3 is 5.97 Å². The lowest BCUT2D eigenvalue weighted by Gasteiger charge is -2.09. The van der Waals surface area contributed by atoms with E-state index < -0.39 is 17.8 Å². The lowest BCUT2D eigenvalue weighted by Crippen LogP contribution is -2.26. The van der Waals surface area contributed by atoms with Gasteiger partial charge in [0, 0.05) is 17.7 Å². The highest BCUT2D eigenvalue weighted by Crippen LogP contribution is 2.23. The van der Waals surface area contributed by atoms with Crippen LogP contribution in [0.5, 0.6) is 0 Å². The second-order valence-electron chi connectivity index (χ2n) is 4.34. The molecule has 19 heavy (non-hydrogen) atoms. The maximum Gasteiger partial charge on any atom is 0.303 e. The van der Waals surface area contributed by atoms with E-state index in [9.17, 15) is 14.0 Å². The number of benzodiazepines with no additional fused rings is 1. The van der Waals surface area contributed by atoms with Gasteiger partial charge in [0.1, 0.15) is 11.9 Å². The molecule has 0 fully saturated rings. The molecule has 2 N–H and O–H groups in total. The van der Waals surface area contributed by atoms with Crippen molar-refractivity contribution in [3.05, 3.63) is 29.6 Å². The van der Waals surface area contributed by atoms with Crippen molar-refractivity contribution in [3.63, 3.8) is 0 Å². The van der Waals surface area contributed by atoms with Crippen LogP contribution in [0.25, 0.3) is 0 Å². The molecule has 0 radical (unpaired) electrons. The van der Waals surface area contributed by atoms with Gasteiger partial charge in [0.25, 0.3) is 0 Å². The second-order valence-corrected chi connectivity index (χ2v) is 4.34. The van der Waals surface area contributed by atoms with Crippen molar-refractivity contribution < 1.29 is 19.1 Å². The molecule has 1 amide bonds. The summed E-state index contributed by atoms with van der Waals surface area (Å²) in [6.07, 6.45) is -0.0193. The molecule has 1 aromatic carbocycles. The van der Waals surface area contributed by atoms with E-state index in [1.54, 1.807) is 6.92 Å². The van der Waals surface area contributed by atoms with Gasteiger partial charge in [-0.1, -0.05) is 0 Å². The number of nitrogens with zero attached hydrogens (tertiary/aromatic N) is 1. The number of carbonyl (C=O) groups excluding carboxylic acids is 1. The van der Waals surface area contributed by atoms with E-state index in [2.05, 4.69) is 10.3 Å². The summed E-state index contributed by atoms with van der Waals surface area (Å²) in [5.41, 5.74) is 1.53. The SMILES string of the molecule is CC1=N[C@@H](CCC(=O)O)C(=O)Nc2ccc(F)cc21. The molecule has 0 spiro atoms. The number of fused-ring (bicyclic) bond motifs is 1. The van der Waals surface area contributed by atoms with Gasteiger partial charge in [0.2, 0.25) is 5.91 Å². The summed E-state index contributed by atoms with van der Waals surface area (Å²) in [6, 6.07) is 3.27. The van der Waals surface area contributed by atoms with Gasteiger partial charge in [0.15, 0.2) is 0 Å². The first-order valence-corrected chi connectivity index (χ1v) is 5.84. The Morgan fingerprint density at radius 2 is 2.26 bits per heavy atom. The van der Waals surface area contributed by atoms with E-state index in [-0.39, 0.29) is 18.7 Å². The zero-order chi connectivity index (χ0) is 14.0. The van der Waals surface area contributed by atoms with Gasteiger partial charge in [-0.05, 0) is 31.5 Å². The number of carboxylic acids is 1. The lowest BCUT2D eigenvalue weighted by molar-refractivity contribution is -0.137. The molecule has 0 saturated carbocycles. The van der Waals surface area contributed by atoms with Crippen molar-refractivity contribution in [1.29, 1.82) is 0 Å². The Morgan fingerprint density at radius 3 is 2.95 bits per heavy atom. The van der Waals surface area contributed by atoms with Gasteiger partial charge in [-0.25, -0.2) is 4.39 Å². The van der Waals surface area contributed by atoms with Crippen LogP contribution in [0.1, 0.15) is 25.3 Å². The second kappa shape index (κ2) is 5.17. The fourth-order valence-electron chi connectivity index (χ4n) is 1.96. The largest absolute Gasteiger partial charge is 0.481 e. The molecule has 100 valence electrons. The zero-order valence-electron chi connectivity index (χ0n) is 10.3. The number of halogens is 1. The predicted molar refractivity (Wildman–Crippen MR) is 67.9 cm³/mol.